The third-order valence-electron chi connectivity index (χ3n) is 5.99. The molecule has 0 saturated carbocycles. The first-order valence-electron chi connectivity index (χ1n) is 12.4. The van der Waals surface area contributed by atoms with E-state index in [1.54, 1.807) is 0 Å². The minimum absolute atomic E-state index is 0.134. The van der Waals surface area contributed by atoms with Gasteiger partial charge in [0.2, 0.25) is 5.89 Å². The molecule has 43 heavy (non-hydrogen) atoms. The number of nitrogens with zero attached hydrogens (tertiary/aromatic N) is 5. The summed E-state index contributed by atoms with van der Waals surface area (Å²) < 4.78 is 112. The average molecular weight is 635 g/mol. The van der Waals surface area contributed by atoms with Gasteiger partial charge in [0, 0.05) is 35.7 Å². The maximum atomic E-state index is 15.0. The summed E-state index contributed by atoms with van der Waals surface area (Å²) in [7, 11) is -6.17. The number of amides is 1. The molecule has 0 spiro atoms. The van der Waals surface area contributed by atoms with E-state index in [0.717, 1.165) is 12.4 Å². The lowest BCUT2D eigenvalue weighted by Crippen LogP contribution is -2.32. The molecular formula is C25H24F6N6O5S. The van der Waals surface area contributed by atoms with Crippen molar-refractivity contribution in [1.29, 1.82) is 0 Å². The van der Waals surface area contributed by atoms with E-state index in [1.807, 2.05) is 20.8 Å². The summed E-state index contributed by atoms with van der Waals surface area (Å²) in [5, 5.41) is 10.1. The van der Waals surface area contributed by atoms with Crippen molar-refractivity contribution in [3.05, 3.63) is 65.4 Å². The van der Waals surface area contributed by atoms with Gasteiger partial charge in [-0.2, -0.15) is 31.7 Å². The third-order valence-corrected chi connectivity index (χ3v) is 6.98. The van der Waals surface area contributed by atoms with Crippen LogP contribution < -0.4 is 5.32 Å². The second-order valence-electron chi connectivity index (χ2n) is 10.5. The summed E-state index contributed by atoms with van der Waals surface area (Å²) in [6.07, 6.45) is 1.11. The maximum absolute atomic E-state index is 15.0. The fourth-order valence-corrected chi connectivity index (χ4v) is 4.15. The van der Waals surface area contributed by atoms with Gasteiger partial charge in [-0.25, -0.2) is 22.7 Å². The Morgan fingerprint density at radius 3 is 2.47 bits per heavy atom. The molecule has 1 aromatic carbocycles. The van der Waals surface area contributed by atoms with Crippen molar-refractivity contribution in [2.45, 2.75) is 57.0 Å². The van der Waals surface area contributed by atoms with Gasteiger partial charge in [-0.3, -0.25) is 8.98 Å². The summed E-state index contributed by atoms with van der Waals surface area (Å²) in [6, 6.07) is 5.54. The molecular weight excluding hydrogens is 610 g/mol. The average Bonchev–Trinajstić information content (AvgIpc) is 3.57. The monoisotopic (exact) mass is 634 g/mol. The van der Waals surface area contributed by atoms with Gasteiger partial charge < -0.3 is 9.84 Å². The van der Waals surface area contributed by atoms with Gasteiger partial charge in [0.1, 0.15) is 18.8 Å². The van der Waals surface area contributed by atoms with Crippen LogP contribution in [0.4, 0.5) is 26.3 Å². The van der Waals surface area contributed by atoms with Crippen molar-refractivity contribution < 1.29 is 48.3 Å². The number of halogens is 6. The van der Waals surface area contributed by atoms with Gasteiger partial charge in [-0.15, -0.1) is 0 Å². The van der Waals surface area contributed by atoms with Crippen LogP contribution in [-0.2, 0) is 32.7 Å². The van der Waals surface area contributed by atoms with Crippen molar-refractivity contribution in [3.63, 3.8) is 0 Å². The second kappa shape index (κ2) is 11.6. The first-order chi connectivity index (χ1) is 19.9. The van der Waals surface area contributed by atoms with Crippen molar-refractivity contribution >= 4 is 21.5 Å². The summed E-state index contributed by atoms with van der Waals surface area (Å²) in [6.45, 7) is 3.31. The third kappa shape index (κ3) is 7.48. The second-order valence-corrected chi connectivity index (χ2v) is 12.1. The Bertz CT molecular complexity index is 1750. The van der Waals surface area contributed by atoms with Crippen LogP contribution in [0.2, 0.25) is 0 Å². The highest BCUT2D eigenvalue weighted by molar-refractivity contribution is 7.87. The first-order valence-corrected chi connectivity index (χ1v) is 13.8. The maximum Gasteiger partial charge on any atom is 0.523 e. The predicted octanol–water partition coefficient (Wildman–Crippen LogP) is 4.58. The number of carbonyl (C=O) groups is 1. The number of benzene rings is 1. The van der Waals surface area contributed by atoms with E-state index in [4.69, 9.17) is 4.52 Å². The Kier molecular flexibility index (Phi) is 8.56. The van der Waals surface area contributed by atoms with Crippen molar-refractivity contribution in [2.24, 2.45) is 0 Å². The number of aryl methyl sites for hydroxylation is 1. The summed E-state index contributed by atoms with van der Waals surface area (Å²) in [5.74, 6) is -5.19. The van der Waals surface area contributed by atoms with Crippen LogP contribution in [0.5, 0.6) is 0 Å². The number of alkyl halides is 5. The lowest BCUT2D eigenvalue weighted by atomic mass is 9.97. The molecule has 3 aromatic heterocycles. The Balaban J connectivity index is 1.43. The molecule has 0 aliphatic carbocycles. The normalized spacial score (nSPS) is 13.0. The van der Waals surface area contributed by atoms with Crippen molar-refractivity contribution in [3.8, 4) is 11.3 Å². The standard InChI is InChI=1S/C25H24F6N6O5S/c1-23(2,3)22-35-20(36-42-22)21(38)32-10-16-5-4-15(9-17(16)26)19-18-8-14(11-37(18)34-13-33-19)6-7-24(27,28)12-41-43(39,40)25(29,30)31/h4-5,8-9,11,13H,6-7,10,12H2,1-3H3,(H,32,38). The van der Waals surface area contributed by atoms with Crippen molar-refractivity contribution in [1.82, 2.24) is 30.1 Å². The Morgan fingerprint density at radius 1 is 1.12 bits per heavy atom. The fourth-order valence-electron chi connectivity index (χ4n) is 3.69. The van der Waals surface area contributed by atoms with Crippen LogP contribution in [0.25, 0.3) is 16.8 Å². The molecule has 1 N–H and O–H groups in total. The minimum Gasteiger partial charge on any atom is -0.345 e. The fraction of sp³-hybridized carbons (Fsp3) is 0.400. The molecule has 232 valence electrons. The molecule has 18 heteroatoms. The molecule has 11 nitrogen and oxygen atoms in total. The highest BCUT2D eigenvalue weighted by Gasteiger charge is 2.49. The molecule has 0 bridgehead atoms. The van der Waals surface area contributed by atoms with Crippen LogP contribution in [0.3, 0.4) is 0 Å². The number of fused-ring (bicyclic) bond motifs is 1. The molecule has 0 aliphatic heterocycles. The number of carbonyl (C=O) groups excluding carboxylic acids is 1. The highest BCUT2D eigenvalue weighted by Crippen LogP contribution is 2.30. The molecule has 3 heterocycles. The van der Waals surface area contributed by atoms with E-state index in [2.05, 4.69) is 29.7 Å². The molecule has 0 fully saturated rings. The lowest BCUT2D eigenvalue weighted by Gasteiger charge is -2.16. The molecule has 4 aromatic rings. The van der Waals surface area contributed by atoms with Gasteiger partial charge >= 0.3 is 15.6 Å². The Hall–Kier alpha value is -4.06. The molecule has 1 amide bonds. The topological polar surface area (TPSA) is 142 Å². The van der Waals surface area contributed by atoms with E-state index in [-0.39, 0.29) is 41.5 Å². The molecule has 0 atom stereocenters. The Morgan fingerprint density at radius 2 is 1.84 bits per heavy atom. The first kappa shape index (κ1) is 31.9. The molecule has 0 saturated heterocycles. The largest absolute Gasteiger partial charge is 0.523 e. The Labute approximate surface area is 240 Å². The van der Waals surface area contributed by atoms with Gasteiger partial charge in [0.05, 0.1) is 11.2 Å². The summed E-state index contributed by atoms with van der Waals surface area (Å²) in [5.41, 5.74) is -5.03. The number of hydrogen-bond donors (Lipinski definition) is 1. The highest BCUT2D eigenvalue weighted by atomic mass is 32.2. The summed E-state index contributed by atoms with van der Waals surface area (Å²) in [4.78, 5) is 20.6. The van der Waals surface area contributed by atoms with E-state index in [0.29, 0.717) is 11.1 Å². The van der Waals surface area contributed by atoms with Crippen LogP contribution in [0.15, 0.2) is 41.3 Å². The lowest BCUT2D eigenvalue weighted by molar-refractivity contribution is -0.0743. The van der Waals surface area contributed by atoms with Crippen LogP contribution >= 0.6 is 0 Å². The van der Waals surface area contributed by atoms with Gasteiger partial charge in [-0.05, 0) is 24.1 Å². The van der Waals surface area contributed by atoms with Gasteiger partial charge in [0.25, 0.3) is 17.7 Å². The van der Waals surface area contributed by atoms with Crippen molar-refractivity contribution in [2.75, 3.05) is 6.61 Å². The summed E-state index contributed by atoms with van der Waals surface area (Å²) >= 11 is 0. The number of hydrogen-bond acceptors (Lipinski definition) is 9. The quantitative estimate of drug-likeness (QED) is 0.151. The zero-order valence-corrected chi connectivity index (χ0v) is 23.6. The molecule has 4 rings (SSSR count). The predicted molar refractivity (Wildman–Crippen MR) is 137 cm³/mol. The number of aromatic nitrogens is 5. The number of rotatable bonds is 10. The zero-order chi connectivity index (χ0) is 31.8. The number of nitrogens with one attached hydrogen (secondary N) is 1. The minimum atomic E-state index is -6.17. The molecule has 0 radical (unpaired) electrons. The van der Waals surface area contributed by atoms with Crippen LogP contribution in [-0.4, -0.2) is 57.1 Å². The van der Waals surface area contributed by atoms with E-state index >= 15 is 0 Å². The van der Waals surface area contributed by atoms with E-state index < -0.39 is 51.7 Å². The van der Waals surface area contributed by atoms with Crippen LogP contribution in [0.1, 0.15) is 54.8 Å². The van der Waals surface area contributed by atoms with Crippen LogP contribution in [0, 0.1) is 5.82 Å². The van der Waals surface area contributed by atoms with E-state index in [9.17, 15) is 39.6 Å². The zero-order valence-electron chi connectivity index (χ0n) is 22.7. The SMILES string of the molecule is CC(C)(C)c1nc(C(=O)NCc2ccc(-c3ncnn4cc(CCC(F)(F)COS(=O)(=O)C(F)(F)F)cc34)cc2F)no1. The van der Waals surface area contributed by atoms with Gasteiger partial charge in [0.15, 0.2) is 0 Å². The smallest absolute Gasteiger partial charge is 0.345 e. The molecule has 0 unspecified atom stereocenters. The van der Waals surface area contributed by atoms with E-state index in [1.165, 1.54) is 28.9 Å². The van der Waals surface area contributed by atoms with Gasteiger partial charge in [-0.1, -0.05) is 38.1 Å². The molecule has 0 aliphatic rings.